The number of nitrogens with zero attached hydrogens (tertiary/aromatic N) is 1. The first kappa shape index (κ1) is 15.8. The summed E-state index contributed by atoms with van der Waals surface area (Å²) < 4.78 is 5.38. The van der Waals surface area contributed by atoms with Gasteiger partial charge in [-0.1, -0.05) is 18.2 Å². The van der Waals surface area contributed by atoms with Crippen LogP contribution in [0.15, 0.2) is 24.3 Å². The maximum Gasteiger partial charge on any atom is 0.414 e. The van der Waals surface area contributed by atoms with Gasteiger partial charge in [-0.25, -0.2) is 4.79 Å². The minimum Gasteiger partial charge on any atom is -0.442 e. The summed E-state index contributed by atoms with van der Waals surface area (Å²) in [5.74, 6) is 0.351. The SMILES string of the molecule is CC(=O)NCC1CN(c2ccccc2C2CCNCC2)C(=O)O1. The Kier molecular flexibility index (Phi) is 4.81. The van der Waals surface area contributed by atoms with Gasteiger partial charge < -0.3 is 15.4 Å². The molecule has 0 radical (unpaired) electrons. The average Bonchev–Trinajstić information content (AvgIpc) is 2.94. The zero-order valence-corrected chi connectivity index (χ0v) is 13.4. The van der Waals surface area contributed by atoms with Crippen molar-refractivity contribution >= 4 is 17.7 Å². The van der Waals surface area contributed by atoms with Crippen molar-refractivity contribution in [3.05, 3.63) is 29.8 Å². The zero-order valence-electron chi connectivity index (χ0n) is 13.4. The second-order valence-electron chi connectivity index (χ2n) is 6.14. The van der Waals surface area contributed by atoms with Gasteiger partial charge in [0.15, 0.2) is 0 Å². The van der Waals surface area contributed by atoms with Crippen LogP contribution < -0.4 is 15.5 Å². The highest BCUT2D eigenvalue weighted by Crippen LogP contribution is 2.34. The number of para-hydroxylation sites is 1. The van der Waals surface area contributed by atoms with Crippen molar-refractivity contribution in [3.8, 4) is 0 Å². The maximum absolute atomic E-state index is 12.2. The Morgan fingerprint density at radius 3 is 2.83 bits per heavy atom. The van der Waals surface area contributed by atoms with E-state index in [0.717, 1.165) is 31.6 Å². The number of cyclic esters (lactones) is 1. The van der Waals surface area contributed by atoms with Crippen LogP contribution in [0, 0.1) is 0 Å². The monoisotopic (exact) mass is 317 g/mol. The summed E-state index contributed by atoms with van der Waals surface area (Å²) in [6.07, 6.45) is 1.53. The third-order valence-corrected chi connectivity index (χ3v) is 4.46. The standard InChI is InChI=1S/C17H23N3O3/c1-12(21)19-10-14-11-20(17(22)23-14)16-5-3-2-4-15(16)13-6-8-18-9-7-13/h2-5,13-14,18H,6-11H2,1H3,(H,19,21). The van der Waals surface area contributed by atoms with Crippen LogP contribution in [0.25, 0.3) is 0 Å². The molecule has 0 bridgehead atoms. The van der Waals surface area contributed by atoms with Crippen molar-refractivity contribution in [2.75, 3.05) is 31.1 Å². The van der Waals surface area contributed by atoms with Gasteiger partial charge >= 0.3 is 6.09 Å². The Labute approximate surface area is 136 Å². The number of carbonyl (C=O) groups excluding carboxylic acids is 2. The number of benzene rings is 1. The quantitative estimate of drug-likeness (QED) is 0.885. The van der Waals surface area contributed by atoms with Crippen molar-refractivity contribution in [3.63, 3.8) is 0 Å². The first-order chi connectivity index (χ1) is 11.1. The van der Waals surface area contributed by atoms with Crippen molar-refractivity contribution in [2.24, 2.45) is 0 Å². The molecule has 1 aromatic rings. The summed E-state index contributed by atoms with van der Waals surface area (Å²) in [5.41, 5.74) is 2.15. The van der Waals surface area contributed by atoms with Crippen LogP contribution in [0.1, 0.15) is 31.2 Å². The Morgan fingerprint density at radius 1 is 1.35 bits per heavy atom. The minimum atomic E-state index is -0.332. The van der Waals surface area contributed by atoms with Gasteiger partial charge in [0.1, 0.15) is 6.10 Å². The summed E-state index contributed by atoms with van der Waals surface area (Å²) in [4.78, 5) is 25.0. The molecule has 0 spiro atoms. The van der Waals surface area contributed by atoms with E-state index >= 15 is 0 Å². The first-order valence-electron chi connectivity index (χ1n) is 8.17. The molecule has 1 unspecified atom stereocenters. The molecule has 2 aliphatic rings. The summed E-state index contributed by atoms with van der Waals surface area (Å²) >= 11 is 0. The van der Waals surface area contributed by atoms with Gasteiger partial charge in [-0.05, 0) is 43.5 Å². The molecule has 6 nitrogen and oxygen atoms in total. The molecule has 0 saturated carbocycles. The fourth-order valence-electron chi connectivity index (χ4n) is 3.29. The van der Waals surface area contributed by atoms with E-state index in [0.29, 0.717) is 19.0 Å². The number of amides is 2. The number of anilines is 1. The number of hydrogen-bond donors (Lipinski definition) is 2. The molecule has 2 saturated heterocycles. The van der Waals surface area contributed by atoms with E-state index in [-0.39, 0.29) is 18.1 Å². The van der Waals surface area contributed by atoms with Gasteiger partial charge in [0.2, 0.25) is 5.91 Å². The molecule has 2 fully saturated rings. The molecule has 2 aliphatic heterocycles. The third kappa shape index (κ3) is 3.64. The van der Waals surface area contributed by atoms with Crippen LogP contribution in [0.2, 0.25) is 0 Å². The van der Waals surface area contributed by atoms with Gasteiger partial charge in [0.05, 0.1) is 18.8 Å². The molecular weight excluding hydrogens is 294 g/mol. The Morgan fingerprint density at radius 2 is 2.09 bits per heavy atom. The largest absolute Gasteiger partial charge is 0.442 e. The fraction of sp³-hybridized carbons (Fsp3) is 0.529. The van der Waals surface area contributed by atoms with Crippen LogP contribution in [0.3, 0.4) is 0 Å². The van der Waals surface area contributed by atoms with Gasteiger partial charge in [0.25, 0.3) is 0 Å². The summed E-state index contributed by atoms with van der Waals surface area (Å²) in [5, 5.41) is 6.08. The summed E-state index contributed by atoms with van der Waals surface area (Å²) in [7, 11) is 0. The second kappa shape index (κ2) is 7.00. The van der Waals surface area contributed by atoms with Crippen LogP contribution in [0.4, 0.5) is 10.5 Å². The van der Waals surface area contributed by atoms with Crippen molar-refractivity contribution in [1.29, 1.82) is 0 Å². The molecule has 23 heavy (non-hydrogen) atoms. The molecule has 2 heterocycles. The maximum atomic E-state index is 12.2. The van der Waals surface area contributed by atoms with Crippen molar-refractivity contribution in [1.82, 2.24) is 10.6 Å². The average molecular weight is 317 g/mol. The second-order valence-corrected chi connectivity index (χ2v) is 6.14. The molecule has 3 rings (SSSR count). The Bertz CT molecular complexity index is 584. The molecular formula is C17H23N3O3. The van der Waals surface area contributed by atoms with E-state index in [2.05, 4.69) is 16.7 Å². The molecule has 6 heteroatoms. The highest BCUT2D eigenvalue weighted by molar-refractivity contribution is 5.91. The predicted molar refractivity (Wildman–Crippen MR) is 87.6 cm³/mol. The van der Waals surface area contributed by atoms with Crippen LogP contribution in [-0.2, 0) is 9.53 Å². The Hall–Kier alpha value is -2.08. The van der Waals surface area contributed by atoms with E-state index in [1.165, 1.54) is 12.5 Å². The molecule has 124 valence electrons. The number of piperidine rings is 1. The lowest BCUT2D eigenvalue weighted by atomic mass is 9.89. The highest BCUT2D eigenvalue weighted by Gasteiger charge is 2.34. The number of rotatable bonds is 4. The number of carbonyl (C=O) groups is 2. The Balaban J connectivity index is 1.76. The predicted octanol–water partition coefficient (Wildman–Crippen LogP) is 1.61. The summed E-state index contributed by atoms with van der Waals surface area (Å²) in [6.45, 7) is 4.30. The van der Waals surface area contributed by atoms with Gasteiger partial charge in [-0.15, -0.1) is 0 Å². The van der Waals surface area contributed by atoms with Crippen LogP contribution in [0.5, 0.6) is 0 Å². The van der Waals surface area contributed by atoms with E-state index in [4.69, 9.17) is 4.74 Å². The number of ether oxygens (including phenoxy) is 1. The van der Waals surface area contributed by atoms with Gasteiger partial charge in [0, 0.05) is 6.92 Å². The van der Waals surface area contributed by atoms with E-state index in [1.54, 1.807) is 4.90 Å². The molecule has 2 amide bonds. The number of hydrogen-bond acceptors (Lipinski definition) is 4. The van der Waals surface area contributed by atoms with Gasteiger partial charge in [-0.2, -0.15) is 0 Å². The molecule has 1 atom stereocenters. The number of nitrogens with one attached hydrogen (secondary N) is 2. The molecule has 0 aliphatic carbocycles. The lowest BCUT2D eigenvalue weighted by molar-refractivity contribution is -0.119. The van der Waals surface area contributed by atoms with E-state index < -0.39 is 0 Å². The smallest absolute Gasteiger partial charge is 0.414 e. The fourth-order valence-corrected chi connectivity index (χ4v) is 3.29. The van der Waals surface area contributed by atoms with Crippen molar-refractivity contribution < 1.29 is 14.3 Å². The normalized spacial score (nSPS) is 22.0. The lowest BCUT2D eigenvalue weighted by Crippen LogP contribution is -2.33. The highest BCUT2D eigenvalue weighted by atomic mass is 16.6. The zero-order chi connectivity index (χ0) is 16.2. The van der Waals surface area contributed by atoms with Crippen molar-refractivity contribution in [2.45, 2.75) is 31.8 Å². The first-order valence-corrected chi connectivity index (χ1v) is 8.17. The summed E-state index contributed by atoms with van der Waals surface area (Å²) in [6, 6.07) is 8.07. The van der Waals surface area contributed by atoms with Crippen LogP contribution >= 0.6 is 0 Å². The molecule has 1 aromatic carbocycles. The third-order valence-electron chi connectivity index (χ3n) is 4.46. The van der Waals surface area contributed by atoms with E-state index in [1.807, 2.05) is 18.2 Å². The van der Waals surface area contributed by atoms with Crippen LogP contribution in [-0.4, -0.2) is 44.3 Å². The lowest BCUT2D eigenvalue weighted by Gasteiger charge is -2.27. The molecule has 2 N–H and O–H groups in total. The van der Waals surface area contributed by atoms with E-state index in [9.17, 15) is 9.59 Å². The minimum absolute atomic E-state index is 0.116. The topological polar surface area (TPSA) is 70.7 Å². The molecule has 0 aromatic heterocycles. The van der Waals surface area contributed by atoms with Gasteiger partial charge in [-0.3, -0.25) is 9.69 Å².